The van der Waals surface area contributed by atoms with Crippen LogP contribution in [0.15, 0.2) is 11.1 Å². The Morgan fingerprint density at radius 3 is 2.59 bits per heavy atom. The van der Waals surface area contributed by atoms with Crippen molar-refractivity contribution in [3.8, 4) is 6.07 Å². The Bertz CT molecular complexity index is 449. The normalized spacial score (nSPS) is 11.3. The van der Waals surface area contributed by atoms with Crippen molar-refractivity contribution in [2.45, 2.75) is 31.5 Å². The average molecular weight is 260 g/mol. The molecule has 0 amide bonds. The van der Waals surface area contributed by atoms with Crippen molar-refractivity contribution in [2.75, 3.05) is 5.75 Å². The van der Waals surface area contributed by atoms with Crippen molar-refractivity contribution in [3.63, 3.8) is 0 Å². The molecule has 0 bridgehead atoms. The van der Waals surface area contributed by atoms with Crippen molar-refractivity contribution in [2.24, 2.45) is 0 Å². The predicted molar refractivity (Wildman–Crippen MR) is 59.7 cm³/mol. The zero-order valence-corrected chi connectivity index (χ0v) is 10.2. The molecule has 0 aliphatic heterocycles. The number of halogens is 3. The molecule has 0 unspecified atom stereocenters. The molecule has 0 spiro atoms. The van der Waals surface area contributed by atoms with Crippen molar-refractivity contribution in [1.82, 2.24) is 4.98 Å². The van der Waals surface area contributed by atoms with Crippen LogP contribution in [0.2, 0.25) is 0 Å². The number of pyridine rings is 1. The summed E-state index contributed by atoms with van der Waals surface area (Å²) in [4.78, 5) is 4.00. The maximum absolute atomic E-state index is 12.7. The molecule has 0 aliphatic rings. The highest BCUT2D eigenvalue weighted by molar-refractivity contribution is 7.99. The molecule has 17 heavy (non-hydrogen) atoms. The second-order valence-corrected chi connectivity index (χ2v) is 4.53. The van der Waals surface area contributed by atoms with Gasteiger partial charge in [-0.25, -0.2) is 4.98 Å². The van der Waals surface area contributed by atoms with Gasteiger partial charge in [0.15, 0.2) is 0 Å². The molecule has 0 saturated heterocycles. The summed E-state index contributed by atoms with van der Waals surface area (Å²) in [6.07, 6.45) is -3.70. The number of aromatic nitrogens is 1. The molecule has 0 atom stereocenters. The summed E-state index contributed by atoms with van der Waals surface area (Å²) in [7, 11) is 0. The van der Waals surface area contributed by atoms with Crippen LogP contribution in [-0.2, 0) is 6.18 Å². The number of nitrogens with zero attached hydrogens (tertiary/aromatic N) is 2. The van der Waals surface area contributed by atoms with Crippen molar-refractivity contribution in [1.29, 1.82) is 5.26 Å². The fourth-order valence-corrected chi connectivity index (χ4v) is 2.19. The minimum atomic E-state index is -4.51. The fraction of sp³-hybridized carbons (Fsp3) is 0.455. The van der Waals surface area contributed by atoms with Gasteiger partial charge in [-0.2, -0.15) is 18.4 Å². The van der Waals surface area contributed by atoms with Crippen molar-refractivity contribution < 1.29 is 13.2 Å². The molecular formula is C11H11F3N2S. The van der Waals surface area contributed by atoms with E-state index in [1.165, 1.54) is 18.7 Å². The first kappa shape index (κ1) is 13.8. The first-order valence-corrected chi connectivity index (χ1v) is 6.00. The standard InChI is InChI=1S/C11H11F3N2S/c1-3-4-17-10-8(6-15)9(11(12,13)14)5-7(2)16-10/h5H,3-4H2,1-2H3. The highest BCUT2D eigenvalue weighted by atomic mass is 32.2. The molecule has 92 valence electrons. The number of aryl methyl sites for hydroxylation is 1. The molecule has 2 nitrogen and oxygen atoms in total. The summed E-state index contributed by atoms with van der Waals surface area (Å²) < 4.78 is 38.2. The van der Waals surface area contributed by atoms with Gasteiger partial charge in [0.05, 0.1) is 11.1 Å². The third kappa shape index (κ3) is 3.37. The number of thioether (sulfide) groups is 1. The highest BCUT2D eigenvalue weighted by Crippen LogP contribution is 2.35. The van der Waals surface area contributed by atoms with E-state index in [1.54, 1.807) is 6.07 Å². The van der Waals surface area contributed by atoms with Gasteiger partial charge in [0.25, 0.3) is 0 Å². The van der Waals surface area contributed by atoms with Gasteiger partial charge in [-0.1, -0.05) is 6.92 Å². The van der Waals surface area contributed by atoms with Crippen LogP contribution in [0, 0.1) is 18.3 Å². The van der Waals surface area contributed by atoms with E-state index in [4.69, 9.17) is 5.26 Å². The maximum Gasteiger partial charge on any atom is 0.417 e. The largest absolute Gasteiger partial charge is 0.417 e. The van der Waals surface area contributed by atoms with E-state index < -0.39 is 11.7 Å². The van der Waals surface area contributed by atoms with Gasteiger partial charge in [-0.3, -0.25) is 0 Å². The molecule has 0 radical (unpaired) electrons. The Labute approximate surface area is 102 Å². The molecule has 1 aromatic rings. The lowest BCUT2D eigenvalue weighted by atomic mass is 10.1. The minimum Gasteiger partial charge on any atom is -0.245 e. The van der Waals surface area contributed by atoms with Gasteiger partial charge in [-0.05, 0) is 25.2 Å². The number of alkyl halides is 3. The summed E-state index contributed by atoms with van der Waals surface area (Å²) in [5.41, 5.74) is -0.998. The van der Waals surface area contributed by atoms with Crippen LogP contribution in [-0.4, -0.2) is 10.7 Å². The Balaban J connectivity index is 3.32. The molecule has 6 heteroatoms. The smallest absolute Gasteiger partial charge is 0.245 e. The molecule has 1 heterocycles. The van der Waals surface area contributed by atoms with E-state index in [9.17, 15) is 13.2 Å². The Morgan fingerprint density at radius 2 is 2.12 bits per heavy atom. The Morgan fingerprint density at radius 1 is 1.47 bits per heavy atom. The van der Waals surface area contributed by atoms with E-state index in [1.807, 2.05) is 6.92 Å². The lowest BCUT2D eigenvalue weighted by molar-refractivity contribution is -0.138. The molecule has 1 rings (SSSR count). The van der Waals surface area contributed by atoms with E-state index in [2.05, 4.69) is 4.98 Å². The van der Waals surface area contributed by atoms with Crippen LogP contribution in [0.1, 0.15) is 30.2 Å². The Hall–Kier alpha value is -1.22. The highest BCUT2D eigenvalue weighted by Gasteiger charge is 2.35. The van der Waals surface area contributed by atoms with Crippen LogP contribution < -0.4 is 0 Å². The number of hydrogen-bond donors (Lipinski definition) is 0. The first-order valence-electron chi connectivity index (χ1n) is 5.02. The second-order valence-electron chi connectivity index (χ2n) is 3.45. The van der Waals surface area contributed by atoms with Crippen LogP contribution in [0.5, 0.6) is 0 Å². The lowest BCUT2D eigenvalue weighted by Gasteiger charge is -2.12. The molecule has 0 aromatic carbocycles. The van der Waals surface area contributed by atoms with Gasteiger partial charge in [0, 0.05) is 5.69 Å². The maximum atomic E-state index is 12.7. The average Bonchev–Trinajstić information content (AvgIpc) is 2.24. The summed E-state index contributed by atoms with van der Waals surface area (Å²) in [5.74, 6) is 0.641. The quantitative estimate of drug-likeness (QED) is 0.776. The van der Waals surface area contributed by atoms with Gasteiger partial charge in [0.2, 0.25) is 0 Å². The summed E-state index contributed by atoms with van der Waals surface area (Å²) in [5, 5.41) is 9.02. The second kappa shape index (κ2) is 5.41. The molecule has 0 N–H and O–H groups in total. The van der Waals surface area contributed by atoms with Crippen LogP contribution in [0.3, 0.4) is 0 Å². The zero-order valence-electron chi connectivity index (χ0n) is 9.43. The van der Waals surface area contributed by atoms with Crippen LogP contribution in [0.4, 0.5) is 13.2 Å². The van der Waals surface area contributed by atoms with Crippen molar-refractivity contribution >= 4 is 11.8 Å². The summed E-state index contributed by atoms with van der Waals surface area (Å²) in [6, 6.07) is 2.51. The van der Waals surface area contributed by atoms with E-state index in [0.29, 0.717) is 5.75 Å². The predicted octanol–water partition coefficient (Wildman–Crippen LogP) is 3.78. The number of rotatable bonds is 3. The minimum absolute atomic E-state index is 0.168. The number of nitriles is 1. The van der Waals surface area contributed by atoms with E-state index >= 15 is 0 Å². The van der Waals surface area contributed by atoms with E-state index in [-0.39, 0.29) is 16.3 Å². The van der Waals surface area contributed by atoms with E-state index in [0.717, 1.165) is 12.5 Å². The topological polar surface area (TPSA) is 36.7 Å². The third-order valence-corrected chi connectivity index (χ3v) is 3.16. The zero-order chi connectivity index (χ0) is 13.1. The number of hydrogen-bond acceptors (Lipinski definition) is 3. The molecule has 0 aliphatic carbocycles. The summed E-state index contributed by atoms with van der Waals surface area (Å²) in [6.45, 7) is 3.41. The SMILES string of the molecule is CCCSc1nc(C)cc(C(F)(F)F)c1C#N. The third-order valence-electron chi connectivity index (χ3n) is 1.97. The first-order chi connectivity index (χ1) is 7.90. The van der Waals surface area contributed by atoms with Crippen molar-refractivity contribution in [3.05, 3.63) is 22.9 Å². The van der Waals surface area contributed by atoms with Gasteiger partial charge in [-0.15, -0.1) is 11.8 Å². The molecular weight excluding hydrogens is 249 g/mol. The van der Waals surface area contributed by atoms with Gasteiger partial charge < -0.3 is 0 Å². The van der Waals surface area contributed by atoms with Gasteiger partial charge in [0.1, 0.15) is 11.1 Å². The van der Waals surface area contributed by atoms with Crippen LogP contribution >= 0.6 is 11.8 Å². The van der Waals surface area contributed by atoms with Gasteiger partial charge >= 0.3 is 6.18 Å². The summed E-state index contributed by atoms with van der Waals surface area (Å²) >= 11 is 1.18. The molecule has 1 aromatic heterocycles. The van der Waals surface area contributed by atoms with Crippen LogP contribution in [0.25, 0.3) is 0 Å². The molecule has 0 saturated carbocycles. The Kier molecular flexibility index (Phi) is 4.40. The fourth-order valence-electron chi connectivity index (χ4n) is 1.28. The monoisotopic (exact) mass is 260 g/mol. The molecule has 0 fully saturated rings. The lowest BCUT2D eigenvalue weighted by Crippen LogP contribution is -2.10.